The van der Waals surface area contributed by atoms with Crippen LogP contribution in [0, 0.1) is 0 Å². The topological polar surface area (TPSA) is 68.7 Å². The molecule has 1 aliphatic rings. The number of nitrogens with zero attached hydrogens (tertiary/aromatic N) is 2. The number of benzene rings is 2. The van der Waals surface area contributed by atoms with E-state index in [-0.39, 0.29) is 6.10 Å². The molecule has 2 aromatic carbocycles. The van der Waals surface area contributed by atoms with Gasteiger partial charge in [-0.1, -0.05) is 27.3 Å². The van der Waals surface area contributed by atoms with Gasteiger partial charge in [-0.05, 0) is 49.2 Å². The van der Waals surface area contributed by atoms with Crippen LogP contribution in [0.25, 0.3) is 10.2 Å². The van der Waals surface area contributed by atoms with Crippen molar-refractivity contribution in [3.63, 3.8) is 0 Å². The lowest BCUT2D eigenvalue weighted by molar-refractivity contribution is 0.135. The molecule has 1 aliphatic heterocycles. The maximum absolute atomic E-state index is 12.8. The van der Waals surface area contributed by atoms with Gasteiger partial charge in [0.05, 0.1) is 22.2 Å². The minimum atomic E-state index is -3.47. The second-order valence-corrected chi connectivity index (χ2v) is 10.3. The molecule has 1 fully saturated rings. The van der Waals surface area contributed by atoms with Gasteiger partial charge >= 0.3 is 0 Å². The smallest absolute Gasteiger partial charge is 0.274 e. The summed E-state index contributed by atoms with van der Waals surface area (Å²) in [6.07, 6.45) is 1.23. The van der Waals surface area contributed by atoms with E-state index >= 15 is 0 Å². The van der Waals surface area contributed by atoms with Crippen LogP contribution in [0.3, 0.4) is 0 Å². The zero-order valence-corrected chi connectivity index (χ0v) is 18.4. The van der Waals surface area contributed by atoms with Crippen molar-refractivity contribution in [3.8, 4) is 10.9 Å². The first-order valence-corrected chi connectivity index (χ1v) is 11.9. The molecule has 0 saturated carbocycles. The molecule has 0 unspecified atom stereocenters. The summed E-state index contributed by atoms with van der Waals surface area (Å²) in [5, 5.41) is 0.609. The third-order valence-corrected chi connectivity index (χ3v) is 8.06. The highest BCUT2D eigenvalue weighted by Crippen LogP contribution is 2.32. The molecule has 2 heterocycles. The Labute approximate surface area is 176 Å². The van der Waals surface area contributed by atoms with Crippen molar-refractivity contribution in [2.24, 2.45) is 0 Å². The number of hydrogen-bond donors (Lipinski definition) is 0. The molecule has 0 bridgehead atoms. The van der Waals surface area contributed by atoms with Crippen molar-refractivity contribution in [2.75, 3.05) is 20.2 Å². The third kappa shape index (κ3) is 4.03. The molecule has 0 atom stereocenters. The van der Waals surface area contributed by atoms with Gasteiger partial charge in [0.25, 0.3) is 5.19 Å². The summed E-state index contributed by atoms with van der Waals surface area (Å²) in [5.41, 5.74) is 0.842. The zero-order chi connectivity index (χ0) is 19.7. The molecular formula is C19H19BrN2O4S2. The largest absolute Gasteiger partial charge is 0.497 e. The van der Waals surface area contributed by atoms with Gasteiger partial charge in [0.15, 0.2) is 0 Å². The number of hydrogen-bond acceptors (Lipinski definition) is 6. The highest BCUT2D eigenvalue weighted by molar-refractivity contribution is 9.10. The van der Waals surface area contributed by atoms with Crippen LogP contribution in [0.2, 0.25) is 0 Å². The lowest BCUT2D eigenvalue weighted by Crippen LogP contribution is -2.41. The van der Waals surface area contributed by atoms with E-state index in [0.29, 0.717) is 36.0 Å². The number of fused-ring (bicyclic) bond motifs is 1. The normalized spacial score (nSPS) is 16.4. The number of methoxy groups -OCH3 is 1. The molecule has 0 radical (unpaired) electrons. The van der Waals surface area contributed by atoms with E-state index in [1.165, 1.54) is 15.6 Å². The average molecular weight is 483 g/mol. The summed E-state index contributed by atoms with van der Waals surface area (Å²) >= 11 is 4.82. The van der Waals surface area contributed by atoms with E-state index in [1.54, 1.807) is 31.4 Å². The Morgan fingerprint density at radius 3 is 2.54 bits per heavy atom. The fourth-order valence-corrected chi connectivity index (χ4v) is 5.75. The van der Waals surface area contributed by atoms with Gasteiger partial charge in [0.1, 0.15) is 11.9 Å². The maximum atomic E-state index is 12.8. The first-order valence-electron chi connectivity index (χ1n) is 8.83. The molecule has 9 heteroatoms. The minimum Gasteiger partial charge on any atom is -0.497 e. The van der Waals surface area contributed by atoms with Crippen LogP contribution in [0.4, 0.5) is 0 Å². The quantitative estimate of drug-likeness (QED) is 0.542. The maximum Gasteiger partial charge on any atom is 0.274 e. The molecule has 0 amide bonds. The molecule has 148 valence electrons. The minimum absolute atomic E-state index is 0.0428. The Morgan fingerprint density at radius 1 is 1.14 bits per heavy atom. The number of halogens is 1. The summed E-state index contributed by atoms with van der Waals surface area (Å²) < 4.78 is 40.3. The van der Waals surface area contributed by atoms with E-state index in [0.717, 1.165) is 20.4 Å². The lowest BCUT2D eigenvalue weighted by Gasteiger charge is -2.30. The molecule has 1 aromatic heterocycles. The molecular weight excluding hydrogens is 464 g/mol. The van der Waals surface area contributed by atoms with Crippen LogP contribution in [0.5, 0.6) is 10.9 Å². The lowest BCUT2D eigenvalue weighted by atomic mass is 10.1. The van der Waals surface area contributed by atoms with Crippen molar-refractivity contribution in [3.05, 3.63) is 46.9 Å². The molecule has 0 spiro atoms. The molecule has 0 N–H and O–H groups in total. The number of ether oxygens (including phenoxy) is 2. The Hall–Kier alpha value is -1.68. The number of rotatable bonds is 5. The van der Waals surface area contributed by atoms with Crippen molar-refractivity contribution in [2.45, 2.75) is 23.8 Å². The Morgan fingerprint density at radius 2 is 1.86 bits per heavy atom. The third-order valence-electron chi connectivity index (χ3n) is 4.69. The first-order chi connectivity index (χ1) is 13.5. The second-order valence-electron chi connectivity index (χ2n) is 6.49. The highest BCUT2D eigenvalue weighted by atomic mass is 79.9. The molecule has 0 aliphatic carbocycles. The monoisotopic (exact) mass is 482 g/mol. The molecule has 4 rings (SSSR count). The van der Waals surface area contributed by atoms with E-state index in [1.807, 2.05) is 18.2 Å². The van der Waals surface area contributed by atoms with Gasteiger partial charge < -0.3 is 9.47 Å². The van der Waals surface area contributed by atoms with Crippen molar-refractivity contribution >= 4 is 47.5 Å². The van der Waals surface area contributed by atoms with Gasteiger partial charge in [-0.15, -0.1) is 0 Å². The van der Waals surface area contributed by atoms with Crippen LogP contribution in [0.15, 0.2) is 51.8 Å². The second kappa shape index (κ2) is 7.98. The predicted octanol–water partition coefficient (Wildman–Crippen LogP) is 4.30. The Kier molecular flexibility index (Phi) is 5.59. The van der Waals surface area contributed by atoms with Gasteiger partial charge in [0.2, 0.25) is 10.0 Å². The standard InChI is InChI=1S/C19H19BrN2O4S2/c1-25-15-4-7-18-17(12-15)21-19(27-18)26-14-8-10-22(11-9-14)28(23,24)16-5-2-13(20)3-6-16/h2-7,12,14H,8-11H2,1H3. The van der Waals surface area contributed by atoms with Gasteiger partial charge in [-0.3, -0.25) is 0 Å². The average Bonchev–Trinajstić information content (AvgIpc) is 3.10. The number of piperidine rings is 1. The highest BCUT2D eigenvalue weighted by Gasteiger charge is 2.30. The fourth-order valence-electron chi connectivity index (χ4n) is 3.15. The molecule has 1 saturated heterocycles. The zero-order valence-electron chi connectivity index (χ0n) is 15.2. The summed E-state index contributed by atoms with van der Waals surface area (Å²) in [7, 11) is -1.85. The van der Waals surface area contributed by atoms with Gasteiger partial charge in [0, 0.05) is 23.6 Å². The van der Waals surface area contributed by atoms with Crippen molar-refractivity contribution in [1.29, 1.82) is 0 Å². The van der Waals surface area contributed by atoms with Gasteiger partial charge in [-0.2, -0.15) is 4.31 Å². The van der Waals surface area contributed by atoms with E-state index in [9.17, 15) is 8.42 Å². The van der Waals surface area contributed by atoms with Crippen molar-refractivity contribution < 1.29 is 17.9 Å². The van der Waals surface area contributed by atoms with E-state index in [2.05, 4.69) is 20.9 Å². The predicted molar refractivity (Wildman–Crippen MR) is 113 cm³/mol. The van der Waals surface area contributed by atoms with Crippen molar-refractivity contribution in [1.82, 2.24) is 9.29 Å². The first kappa shape index (κ1) is 19.6. The van der Waals surface area contributed by atoms with Crippen LogP contribution in [0.1, 0.15) is 12.8 Å². The number of sulfonamides is 1. The molecule has 3 aromatic rings. The summed E-state index contributed by atoms with van der Waals surface area (Å²) in [5.74, 6) is 0.760. The molecule has 6 nitrogen and oxygen atoms in total. The SMILES string of the molecule is COc1ccc2sc(OC3CCN(S(=O)(=O)c4ccc(Br)cc4)CC3)nc2c1. The van der Waals surface area contributed by atoms with E-state index in [4.69, 9.17) is 9.47 Å². The Bertz CT molecular complexity index is 1080. The summed E-state index contributed by atoms with van der Waals surface area (Å²) in [6.45, 7) is 0.865. The summed E-state index contributed by atoms with van der Waals surface area (Å²) in [4.78, 5) is 4.83. The van der Waals surface area contributed by atoms with E-state index < -0.39 is 10.0 Å². The number of thiazole rings is 1. The Balaban J connectivity index is 1.41. The van der Waals surface area contributed by atoms with Crippen LogP contribution in [-0.2, 0) is 10.0 Å². The van der Waals surface area contributed by atoms with Crippen LogP contribution in [-0.4, -0.2) is 44.0 Å². The van der Waals surface area contributed by atoms with Gasteiger partial charge in [-0.25, -0.2) is 13.4 Å². The molecule has 28 heavy (non-hydrogen) atoms. The number of aromatic nitrogens is 1. The summed E-state index contributed by atoms with van der Waals surface area (Å²) in [6, 6.07) is 12.5. The fraction of sp³-hybridized carbons (Fsp3) is 0.316. The van der Waals surface area contributed by atoms with Crippen LogP contribution < -0.4 is 9.47 Å². The van der Waals surface area contributed by atoms with Crippen LogP contribution >= 0.6 is 27.3 Å².